The van der Waals surface area contributed by atoms with E-state index in [1.807, 2.05) is 80.6 Å². The lowest BCUT2D eigenvalue weighted by Crippen LogP contribution is -2.56. The number of rotatable bonds is 5. The zero-order valence-corrected chi connectivity index (χ0v) is 19.8. The molecule has 170 valence electrons. The van der Waals surface area contributed by atoms with Crippen molar-refractivity contribution >= 4 is 23.2 Å². The molecule has 5 heteroatoms. The first-order valence-electron chi connectivity index (χ1n) is 11.3. The number of hydrogen-bond acceptors (Lipinski definition) is 3. The van der Waals surface area contributed by atoms with Crippen molar-refractivity contribution in [3.63, 3.8) is 0 Å². The van der Waals surface area contributed by atoms with E-state index in [0.29, 0.717) is 17.4 Å². The van der Waals surface area contributed by atoms with Crippen molar-refractivity contribution < 1.29 is 14.3 Å². The molecule has 0 unspecified atom stereocenters. The van der Waals surface area contributed by atoms with Gasteiger partial charge in [-0.2, -0.15) is 0 Å². The lowest BCUT2D eigenvalue weighted by Gasteiger charge is -2.41. The van der Waals surface area contributed by atoms with E-state index < -0.39 is 6.04 Å². The Morgan fingerprint density at radius 2 is 1.48 bits per heavy atom. The minimum atomic E-state index is -0.750. The number of ether oxygens (including phenoxy) is 1. The first kappa shape index (κ1) is 22.6. The molecule has 0 aliphatic carbocycles. The predicted molar refractivity (Wildman–Crippen MR) is 132 cm³/mol. The largest absolute Gasteiger partial charge is 0.497 e. The summed E-state index contributed by atoms with van der Waals surface area (Å²) in [5, 5.41) is 0. The molecule has 33 heavy (non-hydrogen) atoms. The molecule has 1 heterocycles. The average Bonchev–Trinajstić information content (AvgIpc) is 2.81. The lowest BCUT2D eigenvalue weighted by atomic mass is 9.95. The van der Waals surface area contributed by atoms with Gasteiger partial charge in [0, 0.05) is 5.69 Å². The minimum absolute atomic E-state index is 0.00284. The van der Waals surface area contributed by atoms with Crippen LogP contribution in [-0.4, -0.2) is 25.5 Å². The maximum absolute atomic E-state index is 14.0. The number of piperazine rings is 1. The van der Waals surface area contributed by atoms with Crippen LogP contribution in [0.25, 0.3) is 0 Å². The van der Waals surface area contributed by atoms with Crippen molar-refractivity contribution in [2.75, 3.05) is 23.5 Å². The molecular weight excluding hydrogens is 412 g/mol. The number of anilines is 2. The molecular formula is C28H30N2O3. The van der Waals surface area contributed by atoms with Crippen molar-refractivity contribution in [3.8, 4) is 5.75 Å². The topological polar surface area (TPSA) is 49.9 Å². The van der Waals surface area contributed by atoms with Crippen LogP contribution in [0.3, 0.4) is 0 Å². The third-order valence-corrected chi connectivity index (χ3v) is 6.30. The third-order valence-electron chi connectivity index (χ3n) is 6.30. The standard InChI is InChI=1S/C28H30N2O3/c1-18(2)21-9-11-22(12-10-21)27-28(32)29(26-19(3)7-6-8-20(26)4)17-25(31)30(27)23-13-15-24(33-5)16-14-23/h6-16,18,27H,17H2,1-5H3/t27-/m0/s1. The minimum Gasteiger partial charge on any atom is -0.497 e. The summed E-state index contributed by atoms with van der Waals surface area (Å²) in [6.07, 6.45) is 0. The van der Waals surface area contributed by atoms with E-state index in [2.05, 4.69) is 13.8 Å². The summed E-state index contributed by atoms with van der Waals surface area (Å²) in [5.74, 6) is 0.844. The number of carbonyl (C=O) groups excluding carboxylic acids is 2. The number of carbonyl (C=O) groups is 2. The van der Waals surface area contributed by atoms with Gasteiger partial charge in [0.2, 0.25) is 5.91 Å². The zero-order chi connectivity index (χ0) is 23.7. The predicted octanol–water partition coefficient (Wildman–Crippen LogP) is 5.56. The number of amides is 2. The normalized spacial score (nSPS) is 16.5. The number of methoxy groups -OCH3 is 1. The van der Waals surface area contributed by atoms with Crippen LogP contribution in [-0.2, 0) is 9.59 Å². The average molecular weight is 443 g/mol. The number of aryl methyl sites for hydroxylation is 2. The monoisotopic (exact) mass is 442 g/mol. The Bertz CT molecular complexity index is 1150. The van der Waals surface area contributed by atoms with Gasteiger partial charge >= 0.3 is 0 Å². The second-order valence-electron chi connectivity index (χ2n) is 8.85. The fourth-order valence-corrected chi connectivity index (χ4v) is 4.50. The van der Waals surface area contributed by atoms with Crippen molar-refractivity contribution in [3.05, 3.63) is 89.0 Å². The Balaban J connectivity index is 1.83. The van der Waals surface area contributed by atoms with E-state index in [9.17, 15) is 9.59 Å². The van der Waals surface area contributed by atoms with Gasteiger partial charge in [0.25, 0.3) is 5.91 Å². The molecule has 1 aliphatic heterocycles. The second kappa shape index (κ2) is 9.10. The Hall–Kier alpha value is -3.60. The molecule has 4 rings (SSSR count). The molecule has 1 fully saturated rings. The van der Waals surface area contributed by atoms with Crippen molar-refractivity contribution in [2.45, 2.75) is 39.7 Å². The van der Waals surface area contributed by atoms with Crippen LogP contribution in [0.4, 0.5) is 11.4 Å². The van der Waals surface area contributed by atoms with Gasteiger partial charge in [0.05, 0.1) is 12.8 Å². The maximum Gasteiger partial charge on any atom is 0.255 e. The first-order chi connectivity index (χ1) is 15.8. The van der Waals surface area contributed by atoms with E-state index in [4.69, 9.17) is 4.74 Å². The summed E-state index contributed by atoms with van der Waals surface area (Å²) < 4.78 is 5.27. The van der Waals surface area contributed by atoms with Gasteiger partial charge in [-0.15, -0.1) is 0 Å². The highest BCUT2D eigenvalue weighted by Gasteiger charge is 2.42. The Morgan fingerprint density at radius 3 is 2.03 bits per heavy atom. The highest BCUT2D eigenvalue weighted by atomic mass is 16.5. The molecule has 0 saturated carbocycles. The van der Waals surface area contributed by atoms with Crippen LogP contribution in [0, 0.1) is 13.8 Å². The molecule has 0 N–H and O–H groups in total. The Kier molecular flexibility index (Phi) is 6.23. The molecule has 0 radical (unpaired) electrons. The molecule has 1 saturated heterocycles. The van der Waals surface area contributed by atoms with Gasteiger partial charge < -0.3 is 9.64 Å². The van der Waals surface area contributed by atoms with Gasteiger partial charge in [-0.3, -0.25) is 14.5 Å². The number of nitrogens with zero attached hydrogens (tertiary/aromatic N) is 2. The second-order valence-corrected chi connectivity index (χ2v) is 8.85. The van der Waals surface area contributed by atoms with Crippen molar-refractivity contribution in [2.24, 2.45) is 0 Å². The fraction of sp³-hybridized carbons (Fsp3) is 0.286. The van der Waals surface area contributed by atoms with Crippen LogP contribution in [0.15, 0.2) is 66.7 Å². The molecule has 1 aliphatic rings. The summed E-state index contributed by atoms with van der Waals surface area (Å²) in [6, 6.07) is 20.5. The molecule has 5 nitrogen and oxygen atoms in total. The third kappa shape index (κ3) is 4.23. The van der Waals surface area contributed by atoms with Crippen LogP contribution in [0.2, 0.25) is 0 Å². The van der Waals surface area contributed by atoms with E-state index in [-0.39, 0.29) is 18.4 Å². The summed E-state index contributed by atoms with van der Waals surface area (Å²) in [6.45, 7) is 8.22. The summed E-state index contributed by atoms with van der Waals surface area (Å²) in [4.78, 5) is 30.8. The number of hydrogen-bond donors (Lipinski definition) is 0. The highest BCUT2D eigenvalue weighted by Crippen LogP contribution is 2.37. The van der Waals surface area contributed by atoms with E-state index in [1.54, 1.807) is 16.9 Å². The van der Waals surface area contributed by atoms with E-state index in [0.717, 1.165) is 22.4 Å². The summed E-state index contributed by atoms with van der Waals surface area (Å²) >= 11 is 0. The fourth-order valence-electron chi connectivity index (χ4n) is 4.50. The lowest BCUT2D eigenvalue weighted by molar-refractivity contribution is -0.128. The number of benzene rings is 3. The van der Waals surface area contributed by atoms with Gasteiger partial charge in [-0.05, 0) is 66.3 Å². The summed E-state index contributed by atoms with van der Waals surface area (Å²) in [5.41, 5.74) is 5.42. The van der Waals surface area contributed by atoms with Crippen molar-refractivity contribution in [1.82, 2.24) is 0 Å². The molecule has 1 atom stereocenters. The van der Waals surface area contributed by atoms with E-state index >= 15 is 0 Å². The quantitative estimate of drug-likeness (QED) is 0.520. The SMILES string of the molecule is COc1ccc(N2C(=O)CN(c3c(C)cccc3C)C(=O)[C@@H]2c2ccc(C(C)C)cc2)cc1. The first-order valence-corrected chi connectivity index (χ1v) is 11.3. The van der Waals surface area contributed by atoms with Crippen LogP contribution >= 0.6 is 0 Å². The summed E-state index contributed by atoms with van der Waals surface area (Å²) in [7, 11) is 1.60. The van der Waals surface area contributed by atoms with Crippen LogP contribution < -0.4 is 14.5 Å². The molecule has 3 aromatic carbocycles. The van der Waals surface area contributed by atoms with Gasteiger partial charge in [-0.25, -0.2) is 0 Å². The Labute approximate surface area is 195 Å². The molecule has 0 aromatic heterocycles. The Morgan fingerprint density at radius 1 is 0.879 bits per heavy atom. The number of para-hydroxylation sites is 1. The van der Waals surface area contributed by atoms with E-state index in [1.165, 1.54) is 5.56 Å². The molecule has 0 bridgehead atoms. The molecule has 3 aromatic rings. The van der Waals surface area contributed by atoms with Crippen LogP contribution in [0.1, 0.15) is 48.1 Å². The van der Waals surface area contributed by atoms with Crippen LogP contribution in [0.5, 0.6) is 5.75 Å². The maximum atomic E-state index is 14.0. The highest BCUT2D eigenvalue weighted by molar-refractivity contribution is 6.15. The van der Waals surface area contributed by atoms with Gasteiger partial charge in [0.1, 0.15) is 18.3 Å². The zero-order valence-electron chi connectivity index (χ0n) is 19.8. The molecule has 2 amide bonds. The smallest absolute Gasteiger partial charge is 0.255 e. The van der Waals surface area contributed by atoms with Crippen molar-refractivity contribution in [1.29, 1.82) is 0 Å². The van der Waals surface area contributed by atoms with Gasteiger partial charge in [-0.1, -0.05) is 56.3 Å². The molecule has 0 spiro atoms. The van der Waals surface area contributed by atoms with Gasteiger partial charge in [0.15, 0.2) is 0 Å².